The van der Waals surface area contributed by atoms with Crippen LogP contribution in [0.2, 0.25) is 5.02 Å². The number of hydrogen-bond donors (Lipinski definition) is 3. The molecule has 3 aromatic rings. The number of nitrogens with zero attached hydrogens (tertiary/aromatic N) is 4. The minimum atomic E-state index is -0.193. The summed E-state index contributed by atoms with van der Waals surface area (Å²) in [6, 6.07) is 3.81. The summed E-state index contributed by atoms with van der Waals surface area (Å²) in [5, 5.41) is 18.5. The highest BCUT2D eigenvalue weighted by Gasteiger charge is 2.47. The molecule has 0 bridgehead atoms. The van der Waals surface area contributed by atoms with E-state index in [2.05, 4.69) is 25.1 Å². The molecule has 2 aromatic heterocycles. The van der Waals surface area contributed by atoms with Crippen LogP contribution in [0.25, 0.3) is 22.2 Å². The second kappa shape index (κ2) is 9.74. The van der Waals surface area contributed by atoms with Crippen LogP contribution in [0.15, 0.2) is 24.5 Å². The second-order valence-corrected chi connectivity index (χ2v) is 8.77. The molecule has 2 atom stereocenters. The highest BCUT2D eigenvalue weighted by atomic mass is 35.5. The highest BCUT2D eigenvalue weighted by Crippen LogP contribution is 2.42. The smallest absolute Gasteiger partial charge is 0.152 e. The first-order valence-electron chi connectivity index (χ1n) is 10.2. The molecule has 5 rings (SSSR count). The number of halogens is 1. The Kier molecular flexibility index (Phi) is 7.63. The van der Waals surface area contributed by atoms with E-state index in [4.69, 9.17) is 22.1 Å². The van der Waals surface area contributed by atoms with E-state index in [0.29, 0.717) is 16.4 Å². The first kappa shape index (κ1) is 25.1. The van der Waals surface area contributed by atoms with E-state index < -0.39 is 0 Å². The van der Waals surface area contributed by atoms with Crippen molar-refractivity contribution in [1.29, 1.82) is 0 Å². The van der Waals surface area contributed by atoms with E-state index in [0.717, 1.165) is 54.8 Å². The maximum absolute atomic E-state index is 9.99. The van der Waals surface area contributed by atoms with Crippen molar-refractivity contribution < 1.29 is 9.84 Å². The van der Waals surface area contributed by atoms with Gasteiger partial charge in [0.1, 0.15) is 5.69 Å². The van der Waals surface area contributed by atoms with E-state index in [1.54, 1.807) is 12.4 Å². The summed E-state index contributed by atoms with van der Waals surface area (Å²) in [4.78, 5) is 11.5. The number of anilines is 1. The molecule has 0 unspecified atom stereocenters. The SMILES string of the molecule is C[C@@H]1OCC2(CCN(c3ncc(-c4cc5[nH]ncc5cc4Cl)nc3CO)CC2)[C@@H]1N.S.S. The minimum Gasteiger partial charge on any atom is -0.390 e. The third-order valence-electron chi connectivity index (χ3n) is 6.68. The summed E-state index contributed by atoms with van der Waals surface area (Å²) < 4.78 is 5.81. The summed E-state index contributed by atoms with van der Waals surface area (Å²) in [5.74, 6) is 0.718. The largest absolute Gasteiger partial charge is 0.390 e. The Labute approximate surface area is 205 Å². The van der Waals surface area contributed by atoms with Gasteiger partial charge in [-0.15, -0.1) is 0 Å². The number of aromatic amines is 1. The third kappa shape index (κ3) is 4.20. The van der Waals surface area contributed by atoms with Crippen molar-refractivity contribution in [3.8, 4) is 11.3 Å². The zero-order chi connectivity index (χ0) is 20.9. The van der Waals surface area contributed by atoms with Crippen molar-refractivity contribution in [2.45, 2.75) is 38.5 Å². The summed E-state index contributed by atoms with van der Waals surface area (Å²) in [6.45, 7) is 4.19. The molecule has 4 N–H and O–H groups in total. The monoisotopic (exact) mass is 496 g/mol. The Morgan fingerprint density at radius 1 is 1.28 bits per heavy atom. The van der Waals surface area contributed by atoms with Gasteiger partial charge < -0.3 is 20.5 Å². The Bertz CT molecular complexity index is 1090. The van der Waals surface area contributed by atoms with E-state index in [1.807, 2.05) is 19.1 Å². The molecule has 4 heterocycles. The lowest BCUT2D eigenvalue weighted by molar-refractivity contribution is 0.0973. The van der Waals surface area contributed by atoms with Crippen molar-refractivity contribution >= 4 is 55.3 Å². The van der Waals surface area contributed by atoms with Crippen molar-refractivity contribution in [3.63, 3.8) is 0 Å². The standard InChI is InChI=1S/C21H25ClN6O2.2H2S/c1-12-19(23)21(11-30-12)2-4-28(5-3-21)20-18(10-29)26-17(9-24-20)14-7-16-13(6-15(14)22)8-25-27-16;;/h6-9,12,19,29H,2-5,10-11,23H2,1H3,(H,25,27);2*1H2/t12-,19+;;/m0../s1. The second-order valence-electron chi connectivity index (χ2n) is 8.36. The molecule has 2 fully saturated rings. The Morgan fingerprint density at radius 3 is 2.69 bits per heavy atom. The lowest BCUT2D eigenvalue weighted by Gasteiger charge is -2.41. The van der Waals surface area contributed by atoms with E-state index in [9.17, 15) is 5.11 Å². The van der Waals surface area contributed by atoms with Gasteiger partial charge in [0.25, 0.3) is 0 Å². The van der Waals surface area contributed by atoms with Crippen LogP contribution in [0.3, 0.4) is 0 Å². The van der Waals surface area contributed by atoms with Crippen molar-refractivity contribution in [2.24, 2.45) is 11.1 Å². The van der Waals surface area contributed by atoms with Crippen LogP contribution in [0.4, 0.5) is 5.82 Å². The fourth-order valence-corrected chi connectivity index (χ4v) is 4.99. The number of aromatic nitrogens is 4. The lowest BCUT2D eigenvalue weighted by atomic mass is 9.73. The lowest BCUT2D eigenvalue weighted by Crippen LogP contribution is -2.51. The molecule has 1 spiro atoms. The normalized spacial score (nSPS) is 22.1. The zero-order valence-electron chi connectivity index (χ0n) is 17.8. The van der Waals surface area contributed by atoms with Crippen LogP contribution in [0, 0.1) is 5.41 Å². The van der Waals surface area contributed by atoms with Crippen LogP contribution in [-0.2, 0) is 11.3 Å². The number of piperidine rings is 1. The van der Waals surface area contributed by atoms with Crippen molar-refractivity contribution in [2.75, 3.05) is 24.6 Å². The van der Waals surface area contributed by atoms with Gasteiger partial charge in [-0.1, -0.05) is 11.6 Å². The maximum atomic E-state index is 9.99. The van der Waals surface area contributed by atoms with Gasteiger partial charge in [0.2, 0.25) is 0 Å². The number of benzene rings is 1. The van der Waals surface area contributed by atoms with E-state index in [-0.39, 0.29) is 51.2 Å². The van der Waals surface area contributed by atoms with Crippen LogP contribution in [0.1, 0.15) is 25.5 Å². The molecule has 2 aliphatic heterocycles. The fourth-order valence-electron chi connectivity index (χ4n) is 4.72. The van der Waals surface area contributed by atoms with Gasteiger partial charge in [0.15, 0.2) is 5.82 Å². The first-order valence-corrected chi connectivity index (χ1v) is 10.6. The number of hydrogen-bond acceptors (Lipinski definition) is 7. The van der Waals surface area contributed by atoms with Crippen molar-refractivity contribution in [3.05, 3.63) is 35.2 Å². The number of nitrogens with two attached hydrogens (primary N) is 1. The number of nitrogens with one attached hydrogen (secondary N) is 1. The van der Waals surface area contributed by atoms with Gasteiger partial charge in [-0.3, -0.25) is 5.10 Å². The van der Waals surface area contributed by atoms with Crippen LogP contribution in [-0.4, -0.2) is 57.1 Å². The summed E-state index contributed by atoms with van der Waals surface area (Å²) in [7, 11) is 0. The van der Waals surface area contributed by atoms with Crippen molar-refractivity contribution in [1.82, 2.24) is 20.2 Å². The number of H-pyrrole nitrogens is 1. The summed E-state index contributed by atoms with van der Waals surface area (Å²) in [6.07, 6.45) is 5.42. The molecular formula is C21H29ClN6O2S2. The Hall–Kier alpha value is -1.56. The van der Waals surface area contributed by atoms with Crippen LogP contribution in [0.5, 0.6) is 0 Å². The predicted octanol–water partition coefficient (Wildman–Crippen LogP) is 2.72. The van der Waals surface area contributed by atoms with Gasteiger partial charge in [0, 0.05) is 35.5 Å². The number of aliphatic hydroxyl groups is 1. The van der Waals surface area contributed by atoms with Gasteiger partial charge >= 0.3 is 0 Å². The van der Waals surface area contributed by atoms with Gasteiger partial charge in [-0.05, 0) is 31.9 Å². The average Bonchev–Trinajstić information content (AvgIpc) is 3.33. The molecule has 174 valence electrons. The van der Waals surface area contributed by atoms with Gasteiger partial charge in [-0.25, -0.2) is 9.97 Å². The average molecular weight is 497 g/mol. The third-order valence-corrected chi connectivity index (χ3v) is 6.99. The molecule has 0 amide bonds. The first-order chi connectivity index (χ1) is 14.5. The molecule has 8 nitrogen and oxygen atoms in total. The quantitative estimate of drug-likeness (QED) is 0.511. The van der Waals surface area contributed by atoms with E-state index in [1.165, 1.54) is 0 Å². The summed E-state index contributed by atoms with van der Waals surface area (Å²) >= 11 is 6.47. The number of rotatable bonds is 3. The number of aliphatic hydroxyl groups excluding tert-OH is 1. The predicted molar refractivity (Wildman–Crippen MR) is 136 cm³/mol. The van der Waals surface area contributed by atoms with Crippen LogP contribution >= 0.6 is 38.6 Å². The maximum Gasteiger partial charge on any atom is 0.152 e. The molecule has 0 aliphatic carbocycles. The number of fused-ring (bicyclic) bond motifs is 1. The van der Waals surface area contributed by atoms with Gasteiger partial charge in [0.05, 0.1) is 47.9 Å². The highest BCUT2D eigenvalue weighted by molar-refractivity contribution is 7.59. The molecule has 32 heavy (non-hydrogen) atoms. The van der Waals surface area contributed by atoms with Crippen LogP contribution < -0.4 is 10.6 Å². The summed E-state index contributed by atoms with van der Waals surface area (Å²) in [5.41, 5.74) is 9.26. The molecule has 2 saturated heterocycles. The number of ether oxygens (including phenoxy) is 1. The molecule has 2 aliphatic rings. The minimum absolute atomic E-state index is 0. The zero-order valence-corrected chi connectivity index (χ0v) is 20.6. The Balaban J connectivity index is 0.00000144. The molecule has 11 heteroatoms. The van der Waals surface area contributed by atoms with E-state index >= 15 is 0 Å². The molecular weight excluding hydrogens is 468 g/mol. The Morgan fingerprint density at radius 2 is 2.03 bits per heavy atom. The fraction of sp³-hybridized carbons (Fsp3) is 0.476. The molecule has 0 saturated carbocycles. The molecule has 1 aromatic carbocycles. The topological polar surface area (TPSA) is 113 Å². The van der Waals surface area contributed by atoms with Gasteiger partial charge in [-0.2, -0.15) is 32.1 Å². The molecule has 0 radical (unpaired) electrons.